The van der Waals surface area contributed by atoms with Crippen molar-refractivity contribution >= 4 is 108 Å². The van der Waals surface area contributed by atoms with Gasteiger partial charge >= 0.3 is 0 Å². The lowest BCUT2D eigenvalue weighted by molar-refractivity contribution is 1.34. The number of hydrogen-bond acceptors (Lipinski definition) is 0. The average Bonchev–Trinajstić information content (AvgIpc) is 0.761. The molecule has 0 heterocycles. The van der Waals surface area contributed by atoms with Crippen molar-refractivity contribution in [2.24, 2.45) is 0 Å². The van der Waals surface area contributed by atoms with Crippen molar-refractivity contribution in [2.75, 3.05) is 0 Å². The average molecular weight is 1850 g/mol. The van der Waals surface area contributed by atoms with E-state index in [9.17, 15) is 0 Å². The van der Waals surface area contributed by atoms with Gasteiger partial charge in [-0.25, -0.2) is 0 Å². The van der Waals surface area contributed by atoms with E-state index in [0.29, 0.717) is 0 Å². The van der Waals surface area contributed by atoms with Crippen LogP contribution in [0.15, 0.2) is 467 Å². The minimum absolute atomic E-state index is 1.31. The zero-order valence-corrected chi connectivity index (χ0v) is 92.0. The van der Waals surface area contributed by atoms with Crippen LogP contribution in [0.25, 0.3) is 108 Å². The van der Waals surface area contributed by atoms with Gasteiger partial charge in [0.05, 0.1) is 0 Å². The highest BCUT2D eigenvalue weighted by Gasteiger charge is 2.08. The third kappa shape index (κ3) is 47.7. The summed E-state index contributed by atoms with van der Waals surface area (Å²) in [5.74, 6) is 0. The maximum absolute atomic E-state index is 2.26. The van der Waals surface area contributed by atoms with E-state index in [4.69, 9.17) is 0 Å². The first-order chi connectivity index (χ1) is 68.3. The molecule has 0 amide bonds. The Balaban J connectivity index is 0. The molecular weight excluding hydrogens is 1670 g/mol. The van der Waals surface area contributed by atoms with Gasteiger partial charge < -0.3 is 0 Å². The second-order valence-corrected chi connectivity index (χ2v) is 28.8. The molecule has 0 aliphatic rings. The van der Waals surface area contributed by atoms with Gasteiger partial charge in [0.2, 0.25) is 0 Å². The highest BCUT2D eigenvalue weighted by atomic mass is 14.1. The zero-order chi connectivity index (χ0) is 104. The molecule has 0 aromatic heterocycles. The molecule has 21 aromatic carbocycles. The summed E-state index contributed by atoms with van der Waals surface area (Å²) in [7, 11) is 0. The fraction of sp³-hybridized carbons (Fsp3) is 0.237. The first kappa shape index (κ1) is 127. The molecule has 0 N–H and O–H groups in total. The molecule has 21 rings (SSSR count). The molecule has 0 spiro atoms. The van der Waals surface area contributed by atoms with Crippen LogP contribution in [0.5, 0.6) is 0 Å². The lowest BCUT2D eigenvalue weighted by atomic mass is 9.93. The summed E-state index contributed by atoms with van der Waals surface area (Å²) in [5, 5.41) is 26.6. The number of benzene rings is 21. The molecule has 0 aliphatic heterocycles. The maximum Gasteiger partial charge on any atom is -0.0146 e. The Bertz CT molecular complexity index is 5670. The van der Waals surface area contributed by atoms with Crippen LogP contribution in [0.1, 0.15) is 216 Å². The van der Waals surface area contributed by atoms with E-state index in [-0.39, 0.29) is 0 Å². The standard InChI is InChI=1S/C16H14.C15H12.2C14H10.2C10H8.3C8H10.2C6H6.12C2H6/c1-11-13-7-3-5-9-15(13)12(2)16-10-6-4-8-14(11)16;1-11-14-8-4-2-6-12(14)10-13-7-3-5-9-15(11)13;2*1-2-6-12-10-14-8-4-3-7-13(14)9-11(12)5-1;2*1-2-6-10-8-4-3-7-9(10)5-1;1-7-3-5-8(2)6-4-7;1-7-4-3-5-8(2)6-7;1-7-5-3-4-6-8(7)2;2*1-2-4-6-5-3-1;12*1-2/h3-10H,1-2H3;2-10H,1H3;2*1-10H;2*1-8H;3*3-6H,1-2H3;2*1-6H;12*1-2H3. The summed E-state index contributed by atoms with van der Waals surface area (Å²) in [6.07, 6.45) is 0. The van der Waals surface area contributed by atoms with Crippen molar-refractivity contribution in [3.63, 3.8) is 0 Å². The van der Waals surface area contributed by atoms with E-state index >= 15 is 0 Å². The van der Waals surface area contributed by atoms with Crippen molar-refractivity contribution in [2.45, 2.75) is 228 Å². The Hall–Kier alpha value is -13.8. The van der Waals surface area contributed by atoms with Gasteiger partial charge in [-0.2, -0.15) is 0 Å². The summed E-state index contributed by atoms with van der Waals surface area (Å²) in [6, 6.07) is 162. The van der Waals surface area contributed by atoms with E-state index in [2.05, 4.69) is 457 Å². The molecule has 21 aromatic rings. The van der Waals surface area contributed by atoms with Crippen LogP contribution in [0.4, 0.5) is 0 Å². The Morgan fingerprint density at radius 1 is 0.0935 bits per heavy atom. The Morgan fingerprint density at radius 2 is 0.230 bits per heavy atom. The smallest absolute Gasteiger partial charge is 0.0146 e. The third-order valence-electron chi connectivity index (χ3n) is 20.2. The first-order valence-electron chi connectivity index (χ1n) is 51.8. The van der Waals surface area contributed by atoms with Crippen LogP contribution in [0.2, 0.25) is 0 Å². The van der Waals surface area contributed by atoms with Crippen molar-refractivity contribution in [3.05, 3.63) is 517 Å². The second kappa shape index (κ2) is 83.6. The van der Waals surface area contributed by atoms with Crippen molar-refractivity contribution in [3.8, 4) is 0 Å². The lowest BCUT2D eigenvalue weighted by Gasteiger charge is -2.11. The van der Waals surface area contributed by atoms with Crippen molar-refractivity contribution in [1.82, 2.24) is 0 Å². The van der Waals surface area contributed by atoms with Crippen molar-refractivity contribution in [1.29, 1.82) is 0 Å². The Labute approximate surface area is 847 Å². The number of fused-ring (bicyclic) bond motifs is 10. The predicted octanol–water partition coefficient (Wildman–Crippen LogP) is 45.2. The Morgan fingerprint density at radius 3 is 0.396 bits per heavy atom. The normalized spacial score (nSPS) is 8.90. The van der Waals surface area contributed by atoms with Gasteiger partial charge in [-0.3, -0.25) is 0 Å². The minimum Gasteiger partial charge on any atom is -0.0683 e. The highest BCUT2D eigenvalue weighted by molar-refractivity contribution is 6.06. The van der Waals surface area contributed by atoms with E-state index in [0.717, 1.165) is 0 Å². The maximum atomic E-state index is 2.26. The topological polar surface area (TPSA) is 0 Å². The zero-order valence-electron chi connectivity index (χ0n) is 92.0. The summed E-state index contributed by atoms with van der Waals surface area (Å²) < 4.78 is 0. The molecule has 0 fully saturated rings. The van der Waals surface area contributed by atoms with Gasteiger partial charge in [0.15, 0.2) is 0 Å². The first-order valence-corrected chi connectivity index (χ1v) is 51.8. The van der Waals surface area contributed by atoms with Crippen LogP contribution in [0, 0.1) is 62.3 Å². The largest absolute Gasteiger partial charge is 0.0683 e. The molecule has 139 heavy (non-hydrogen) atoms. The van der Waals surface area contributed by atoms with Crippen LogP contribution in [-0.4, -0.2) is 0 Å². The van der Waals surface area contributed by atoms with Gasteiger partial charge in [-0.1, -0.05) is 625 Å². The highest BCUT2D eigenvalue weighted by Crippen LogP contribution is 2.33. The molecule has 0 saturated heterocycles. The van der Waals surface area contributed by atoms with Gasteiger partial charge in [-0.05, 0) is 228 Å². The van der Waals surface area contributed by atoms with E-state index in [1.54, 1.807) is 0 Å². The van der Waals surface area contributed by atoms with Gasteiger partial charge in [0.25, 0.3) is 0 Å². The molecule has 0 unspecified atom stereocenters. The van der Waals surface area contributed by atoms with Gasteiger partial charge in [0.1, 0.15) is 0 Å². The molecule has 0 saturated carbocycles. The van der Waals surface area contributed by atoms with E-state index in [1.165, 1.54) is 158 Å². The number of hydrogen-bond donors (Lipinski definition) is 0. The second-order valence-electron chi connectivity index (χ2n) is 28.8. The third-order valence-corrected chi connectivity index (χ3v) is 20.2. The molecule has 0 atom stereocenters. The predicted molar refractivity (Wildman–Crippen MR) is 645 cm³/mol. The SMILES string of the molecule is CC.CC.CC.CC.CC.CC.CC.CC.CC.CC.CC.CC.Cc1c2ccccc2c(C)c2ccccc12.Cc1c2ccccc2cc2ccccc12.Cc1ccc(C)cc1.Cc1cccc(C)c1.Cc1ccccc1C.c1ccc2cc3ccccc3cc2c1.c1ccc2cc3ccccc3cc2c1.c1ccc2ccccc2c1.c1ccc2ccccc2c1.c1ccccc1.c1ccccc1. The molecular formula is C139H176. The van der Waals surface area contributed by atoms with Crippen LogP contribution in [-0.2, 0) is 0 Å². The van der Waals surface area contributed by atoms with Crippen LogP contribution >= 0.6 is 0 Å². The molecule has 0 heteroatoms. The van der Waals surface area contributed by atoms with E-state index < -0.39 is 0 Å². The molecule has 732 valence electrons. The minimum atomic E-state index is 1.31. The molecule has 0 radical (unpaired) electrons. The molecule has 0 nitrogen and oxygen atoms in total. The van der Waals surface area contributed by atoms with Crippen LogP contribution in [0.3, 0.4) is 0 Å². The number of aryl methyl sites for hydroxylation is 9. The fourth-order valence-electron chi connectivity index (χ4n) is 13.7. The number of rotatable bonds is 0. The fourth-order valence-corrected chi connectivity index (χ4v) is 13.7. The van der Waals surface area contributed by atoms with E-state index in [1.807, 2.05) is 239 Å². The molecule has 0 bridgehead atoms. The summed E-state index contributed by atoms with van der Waals surface area (Å²) in [4.78, 5) is 0. The lowest BCUT2D eigenvalue weighted by Crippen LogP contribution is -1.87. The van der Waals surface area contributed by atoms with Gasteiger partial charge in [0, 0.05) is 0 Å². The quantitative estimate of drug-likeness (QED) is 0.133. The monoisotopic (exact) mass is 1850 g/mol. The summed E-state index contributed by atoms with van der Waals surface area (Å²) in [5.41, 5.74) is 12.2. The summed E-state index contributed by atoms with van der Waals surface area (Å²) in [6.45, 7) is 67.3. The van der Waals surface area contributed by atoms with Gasteiger partial charge in [-0.15, -0.1) is 0 Å². The van der Waals surface area contributed by atoms with Crippen LogP contribution < -0.4 is 0 Å². The Kier molecular flexibility index (Phi) is 76.5. The summed E-state index contributed by atoms with van der Waals surface area (Å²) >= 11 is 0. The van der Waals surface area contributed by atoms with Crippen molar-refractivity contribution < 1.29 is 0 Å². The molecule has 0 aliphatic carbocycles.